The van der Waals surface area contributed by atoms with Gasteiger partial charge in [0.25, 0.3) is 11.8 Å². The zero-order valence-electron chi connectivity index (χ0n) is 18.3. The summed E-state index contributed by atoms with van der Waals surface area (Å²) in [6.45, 7) is 6.39. The molecule has 32 heavy (non-hydrogen) atoms. The van der Waals surface area contributed by atoms with Gasteiger partial charge in [-0.15, -0.1) is 0 Å². The number of furan rings is 1. The van der Waals surface area contributed by atoms with Crippen LogP contribution in [0.4, 0.5) is 5.82 Å². The number of aryl methyl sites for hydroxylation is 2. The fraction of sp³-hybridized carbons (Fsp3) is 0.333. The normalized spacial score (nSPS) is 14.8. The number of nitrogens with one attached hydrogen (secondary N) is 2. The van der Waals surface area contributed by atoms with E-state index in [1.165, 1.54) is 12.4 Å². The van der Waals surface area contributed by atoms with Crippen LogP contribution in [-0.4, -0.2) is 45.8 Å². The van der Waals surface area contributed by atoms with Crippen molar-refractivity contribution in [2.45, 2.75) is 39.3 Å². The van der Waals surface area contributed by atoms with Crippen LogP contribution in [0.3, 0.4) is 0 Å². The molecular weight excluding hydrogens is 406 g/mol. The molecule has 0 atom stereocenters. The summed E-state index contributed by atoms with van der Waals surface area (Å²) < 4.78 is 5.66. The summed E-state index contributed by atoms with van der Waals surface area (Å²) in [4.78, 5) is 36.1. The number of hydrogen-bond acceptors (Lipinski definition) is 6. The number of piperidine rings is 1. The Morgan fingerprint density at radius 3 is 2.41 bits per heavy atom. The molecule has 8 heteroatoms. The lowest BCUT2D eigenvalue weighted by atomic mass is 10.0. The summed E-state index contributed by atoms with van der Waals surface area (Å²) in [5, 5.41) is 5.75. The molecule has 0 bridgehead atoms. The van der Waals surface area contributed by atoms with Crippen molar-refractivity contribution in [3.63, 3.8) is 0 Å². The van der Waals surface area contributed by atoms with E-state index in [-0.39, 0.29) is 29.4 Å². The average molecular weight is 434 g/mol. The Morgan fingerprint density at radius 1 is 1.00 bits per heavy atom. The highest BCUT2D eigenvalue weighted by atomic mass is 16.3. The van der Waals surface area contributed by atoms with Gasteiger partial charge in [0, 0.05) is 37.1 Å². The first-order valence-corrected chi connectivity index (χ1v) is 10.8. The molecule has 3 heterocycles. The molecule has 0 unspecified atom stereocenters. The van der Waals surface area contributed by atoms with E-state index in [4.69, 9.17) is 4.42 Å². The molecule has 4 rings (SSSR count). The molecule has 2 N–H and O–H groups in total. The van der Waals surface area contributed by atoms with Gasteiger partial charge in [-0.3, -0.25) is 14.5 Å². The molecule has 0 spiro atoms. The second kappa shape index (κ2) is 9.74. The van der Waals surface area contributed by atoms with Crippen LogP contribution in [0, 0.1) is 13.8 Å². The quantitative estimate of drug-likeness (QED) is 0.619. The van der Waals surface area contributed by atoms with E-state index in [0.29, 0.717) is 5.56 Å². The van der Waals surface area contributed by atoms with Crippen molar-refractivity contribution < 1.29 is 14.0 Å². The van der Waals surface area contributed by atoms with Gasteiger partial charge in [0.15, 0.2) is 11.5 Å². The Kier molecular flexibility index (Phi) is 6.61. The lowest BCUT2D eigenvalue weighted by molar-refractivity contribution is 0.0902. The maximum Gasteiger partial charge on any atom is 0.273 e. The van der Waals surface area contributed by atoms with Gasteiger partial charge in [0.2, 0.25) is 0 Å². The monoisotopic (exact) mass is 433 g/mol. The number of anilines is 1. The Morgan fingerprint density at radius 2 is 1.72 bits per heavy atom. The fourth-order valence-electron chi connectivity index (χ4n) is 3.76. The highest BCUT2D eigenvalue weighted by Crippen LogP contribution is 2.17. The second-order valence-electron chi connectivity index (χ2n) is 8.11. The van der Waals surface area contributed by atoms with E-state index in [1.807, 2.05) is 38.1 Å². The van der Waals surface area contributed by atoms with Crippen molar-refractivity contribution in [2.75, 3.05) is 18.4 Å². The summed E-state index contributed by atoms with van der Waals surface area (Å²) >= 11 is 0. The van der Waals surface area contributed by atoms with Crippen LogP contribution in [0.2, 0.25) is 0 Å². The molecule has 1 fully saturated rings. The molecule has 8 nitrogen and oxygen atoms in total. The second-order valence-corrected chi connectivity index (χ2v) is 8.11. The first-order valence-electron chi connectivity index (χ1n) is 10.8. The Hall–Kier alpha value is -3.52. The highest BCUT2D eigenvalue weighted by Gasteiger charge is 2.24. The summed E-state index contributed by atoms with van der Waals surface area (Å²) in [7, 11) is 0. The van der Waals surface area contributed by atoms with Crippen molar-refractivity contribution in [3.8, 4) is 0 Å². The van der Waals surface area contributed by atoms with Crippen molar-refractivity contribution in [1.82, 2.24) is 20.2 Å². The Bertz CT molecular complexity index is 1090. The number of amides is 2. The third-order valence-corrected chi connectivity index (χ3v) is 5.56. The van der Waals surface area contributed by atoms with E-state index >= 15 is 0 Å². The van der Waals surface area contributed by atoms with Crippen LogP contribution in [-0.2, 0) is 6.54 Å². The minimum absolute atomic E-state index is 0.0414. The Balaban J connectivity index is 1.34. The molecule has 2 amide bonds. The number of nitrogens with zero attached hydrogens (tertiary/aromatic N) is 3. The molecule has 0 radical (unpaired) electrons. The maximum absolute atomic E-state index is 12.9. The van der Waals surface area contributed by atoms with Gasteiger partial charge in [-0.2, -0.15) is 0 Å². The smallest absolute Gasteiger partial charge is 0.273 e. The van der Waals surface area contributed by atoms with Crippen molar-refractivity contribution in [2.24, 2.45) is 0 Å². The minimum atomic E-state index is -0.336. The van der Waals surface area contributed by atoms with E-state index in [9.17, 15) is 9.59 Å². The topological polar surface area (TPSA) is 100 Å². The van der Waals surface area contributed by atoms with E-state index in [1.54, 1.807) is 12.1 Å². The minimum Gasteiger partial charge on any atom is -0.465 e. The number of carbonyl (C=O) groups excluding carboxylic acids is 2. The average Bonchev–Trinajstić information content (AvgIpc) is 3.20. The van der Waals surface area contributed by atoms with Gasteiger partial charge >= 0.3 is 0 Å². The molecule has 1 saturated heterocycles. The first kappa shape index (κ1) is 21.7. The lowest BCUT2D eigenvalue weighted by Crippen LogP contribution is -2.44. The standard InChI is InChI=1S/C24H27N5O3/c1-16-3-6-18(7-4-16)23(30)28-22-21(25-11-12-26-22)24(31)27-19-9-13-29(14-10-19)15-20-8-5-17(2)32-20/h3-8,11-12,19H,9-10,13-15H2,1-2H3,(H,27,31)(H,26,28,30). The van der Waals surface area contributed by atoms with Crippen molar-refractivity contribution in [1.29, 1.82) is 0 Å². The van der Waals surface area contributed by atoms with Crippen LogP contribution in [0.1, 0.15) is 50.8 Å². The predicted molar refractivity (Wildman–Crippen MR) is 120 cm³/mol. The predicted octanol–water partition coefficient (Wildman–Crippen LogP) is 3.33. The fourth-order valence-corrected chi connectivity index (χ4v) is 3.76. The zero-order valence-corrected chi connectivity index (χ0v) is 18.3. The number of likely N-dealkylation sites (tertiary alicyclic amines) is 1. The SMILES string of the molecule is Cc1ccc(C(=O)Nc2nccnc2C(=O)NC2CCN(Cc3ccc(C)o3)CC2)cc1. The summed E-state index contributed by atoms with van der Waals surface area (Å²) in [6, 6.07) is 11.2. The number of rotatable bonds is 6. The molecule has 0 saturated carbocycles. The van der Waals surface area contributed by atoms with Gasteiger partial charge in [-0.1, -0.05) is 17.7 Å². The van der Waals surface area contributed by atoms with E-state index < -0.39 is 0 Å². The van der Waals surface area contributed by atoms with Crippen LogP contribution >= 0.6 is 0 Å². The first-order chi connectivity index (χ1) is 15.5. The van der Waals surface area contributed by atoms with Crippen LogP contribution in [0.5, 0.6) is 0 Å². The van der Waals surface area contributed by atoms with Crippen LogP contribution < -0.4 is 10.6 Å². The number of benzene rings is 1. The van der Waals surface area contributed by atoms with Crippen LogP contribution in [0.15, 0.2) is 53.2 Å². The molecule has 166 valence electrons. The van der Waals surface area contributed by atoms with Gasteiger partial charge in [0.05, 0.1) is 6.54 Å². The number of aromatic nitrogens is 2. The van der Waals surface area contributed by atoms with E-state index in [2.05, 4.69) is 25.5 Å². The molecular formula is C24H27N5O3. The summed E-state index contributed by atoms with van der Waals surface area (Å²) in [5.41, 5.74) is 1.67. The van der Waals surface area contributed by atoms with Gasteiger partial charge in [0.1, 0.15) is 11.5 Å². The largest absolute Gasteiger partial charge is 0.465 e. The third-order valence-electron chi connectivity index (χ3n) is 5.56. The summed E-state index contributed by atoms with van der Waals surface area (Å²) in [6.07, 6.45) is 4.56. The molecule has 2 aromatic heterocycles. The van der Waals surface area contributed by atoms with Crippen molar-refractivity contribution in [3.05, 3.63) is 77.1 Å². The molecule has 3 aromatic rings. The molecule has 0 aliphatic carbocycles. The lowest BCUT2D eigenvalue weighted by Gasteiger charge is -2.31. The number of hydrogen-bond donors (Lipinski definition) is 2. The maximum atomic E-state index is 12.9. The summed E-state index contributed by atoms with van der Waals surface area (Å²) in [5.74, 6) is 1.36. The highest BCUT2D eigenvalue weighted by molar-refractivity contribution is 6.07. The third kappa shape index (κ3) is 5.39. The Labute approximate surface area is 187 Å². The van der Waals surface area contributed by atoms with Crippen molar-refractivity contribution >= 4 is 17.6 Å². The van der Waals surface area contributed by atoms with Gasteiger partial charge < -0.3 is 15.1 Å². The molecule has 1 aliphatic heterocycles. The molecule has 1 aromatic carbocycles. The van der Waals surface area contributed by atoms with Gasteiger partial charge in [-0.05, 0) is 51.0 Å². The zero-order chi connectivity index (χ0) is 22.5. The molecule has 1 aliphatic rings. The van der Waals surface area contributed by atoms with E-state index in [0.717, 1.165) is 49.6 Å². The van der Waals surface area contributed by atoms with Gasteiger partial charge in [-0.25, -0.2) is 9.97 Å². The number of carbonyl (C=O) groups is 2. The van der Waals surface area contributed by atoms with Crippen LogP contribution in [0.25, 0.3) is 0 Å².